The van der Waals surface area contributed by atoms with Crippen LogP contribution in [0.3, 0.4) is 0 Å². The summed E-state index contributed by atoms with van der Waals surface area (Å²) in [4.78, 5) is 34.9. The lowest BCUT2D eigenvalue weighted by Gasteiger charge is -2.23. The fraction of sp³-hybridized carbons (Fsp3) is 0.400. The van der Waals surface area contributed by atoms with Crippen LogP contribution in [-0.4, -0.2) is 39.3 Å². The minimum absolute atomic E-state index is 0.0989. The van der Waals surface area contributed by atoms with Crippen LogP contribution in [0.4, 0.5) is 5.69 Å². The highest BCUT2D eigenvalue weighted by atomic mass is 16.5. The van der Waals surface area contributed by atoms with Gasteiger partial charge in [-0.1, -0.05) is 18.9 Å². The van der Waals surface area contributed by atoms with Crippen molar-refractivity contribution in [2.75, 3.05) is 11.9 Å². The third-order valence-electron chi connectivity index (χ3n) is 5.16. The molecular weight excluding hydrogens is 344 g/mol. The number of carbonyl (C=O) groups is 2. The number of aromatic nitrogens is 2. The first kappa shape index (κ1) is 17.5. The predicted molar refractivity (Wildman–Crippen MR) is 99.3 cm³/mol. The van der Waals surface area contributed by atoms with E-state index in [0.29, 0.717) is 29.9 Å². The van der Waals surface area contributed by atoms with Crippen LogP contribution in [-0.2, 0) is 9.59 Å². The van der Waals surface area contributed by atoms with E-state index in [0.717, 1.165) is 12.8 Å². The Bertz CT molecular complexity index is 821. The van der Waals surface area contributed by atoms with Gasteiger partial charge in [0.05, 0.1) is 12.1 Å². The molecule has 7 heteroatoms. The van der Waals surface area contributed by atoms with E-state index in [9.17, 15) is 9.59 Å². The lowest BCUT2D eigenvalue weighted by Crippen LogP contribution is -2.35. The summed E-state index contributed by atoms with van der Waals surface area (Å²) < 4.78 is 5.64. The van der Waals surface area contributed by atoms with E-state index in [1.807, 2.05) is 4.90 Å². The smallest absolute Gasteiger partial charge is 0.237 e. The molecule has 1 unspecified atom stereocenters. The van der Waals surface area contributed by atoms with Crippen LogP contribution < -0.4 is 10.1 Å². The number of nitrogens with zero attached hydrogens (tertiary/aromatic N) is 3. The van der Waals surface area contributed by atoms with E-state index in [4.69, 9.17) is 4.74 Å². The van der Waals surface area contributed by atoms with Crippen molar-refractivity contribution >= 4 is 17.5 Å². The van der Waals surface area contributed by atoms with Gasteiger partial charge in [0, 0.05) is 43.2 Å². The molecule has 2 aromatic rings. The van der Waals surface area contributed by atoms with Crippen LogP contribution >= 0.6 is 0 Å². The molecule has 1 atom stereocenters. The van der Waals surface area contributed by atoms with E-state index in [2.05, 4.69) is 15.3 Å². The number of carbonyl (C=O) groups excluding carboxylic acids is 2. The number of hydrogen-bond acceptors (Lipinski definition) is 5. The molecule has 1 aromatic carbocycles. The molecule has 27 heavy (non-hydrogen) atoms. The molecule has 140 valence electrons. The number of likely N-dealkylation sites (tertiary alicyclic amines) is 1. The maximum atomic E-state index is 12.6. The molecule has 2 aliphatic rings. The van der Waals surface area contributed by atoms with Crippen LogP contribution in [0.1, 0.15) is 32.1 Å². The van der Waals surface area contributed by atoms with Crippen LogP contribution in [0.5, 0.6) is 11.6 Å². The molecule has 1 saturated carbocycles. The Kier molecular flexibility index (Phi) is 5.00. The number of hydrogen-bond donors (Lipinski definition) is 1. The molecular formula is C20H22N4O3. The van der Waals surface area contributed by atoms with Gasteiger partial charge in [0.2, 0.25) is 17.7 Å². The molecule has 4 rings (SSSR count). The zero-order valence-electron chi connectivity index (χ0n) is 15.0. The summed E-state index contributed by atoms with van der Waals surface area (Å²) in [6.07, 6.45) is 9.39. The molecule has 2 amide bonds. The summed E-state index contributed by atoms with van der Waals surface area (Å²) in [5, 5.41) is 2.91. The fourth-order valence-electron chi connectivity index (χ4n) is 3.82. The maximum Gasteiger partial charge on any atom is 0.237 e. The number of benzene rings is 1. The minimum atomic E-state index is -0.303. The van der Waals surface area contributed by atoms with Crippen molar-refractivity contribution in [3.8, 4) is 11.6 Å². The average Bonchev–Trinajstić information content (AvgIpc) is 3.32. The van der Waals surface area contributed by atoms with Crippen LogP contribution in [0.15, 0.2) is 42.9 Å². The van der Waals surface area contributed by atoms with Crippen molar-refractivity contribution in [1.29, 1.82) is 0 Å². The molecule has 7 nitrogen and oxygen atoms in total. The van der Waals surface area contributed by atoms with Crippen molar-refractivity contribution in [1.82, 2.24) is 14.9 Å². The monoisotopic (exact) mass is 366 g/mol. The Labute approximate surface area is 157 Å². The van der Waals surface area contributed by atoms with Gasteiger partial charge in [0.1, 0.15) is 5.75 Å². The molecule has 1 aliphatic carbocycles. The molecule has 0 bridgehead atoms. The molecule has 1 saturated heterocycles. The highest BCUT2D eigenvalue weighted by molar-refractivity contribution is 5.97. The summed E-state index contributed by atoms with van der Waals surface area (Å²) >= 11 is 0. The highest BCUT2D eigenvalue weighted by Gasteiger charge is 2.38. The third kappa shape index (κ3) is 4.07. The van der Waals surface area contributed by atoms with Gasteiger partial charge in [-0.2, -0.15) is 0 Å². The van der Waals surface area contributed by atoms with Crippen LogP contribution in [0.2, 0.25) is 0 Å². The Morgan fingerprint density at radius 3 is 2.85 bits per heavy atom. The third-order valence-corrected chi connectivity index (χ3v) is 5.16. The Morgan fingerprint density at radius 1 is 1.22 bits per heavy atom. The summed E-state index contributed by atoms with van der Waals surface area (Å²) in [5.74, 6) is 0.614. The number of ether oxygens (including phenoxy) is 1. The molecule has 1 N–H and O–H groups in total. The first-order chi connectivity index (χ1) is 13.2. The molecule has 1 aliphatic heterocycles. The van der Waals surface area contributed by atoms with Crippen molar-refractivity contribution in [2.45, 2.75) is 38.1 Å². The number of rotatable bonds is 5. The van der Waals surface area contributed by atoms with Gasteiger partial charge in [-0.05, 0) is 25.0 Å². The second-order valence-corrected chi connectivity index (χ2v) is 7.05. The first-order valence-electron chi connectivity index (χ1n) is 9.33. The molecule has 0 radical (unpaired) electrons. The zero-order valence-corrected chi connectivity index (χ0v) is 15.0. The summed E-state index contributed by atoms with van der Waals surface area (Å²) in [7, 11) is 0. The maximum absolute atomic E-state index is 12.6. The largest absolute Gasteiger partial charge is 0.437 e. The van der Waals surface area contributed by atoms with E-state index >= 15 is 0 Å². The topological polar surface area (TPSA) is 84.4 Å². The molecule has 1 aromatic heterocycles. The minimum Gasteiger partial charge on any atom is -0.437 e. The van der Waals surface area contributed by atoms with Gasteiger partial charge >= 0.3 is 0 Å². The van der Waals surface area contributed by atoms with Gasteiger partial charge in [-0.15, -0.1) is 0 Å². The predicted octanol–water partition coefficient (Wildman–Crippen LogP) is 3.00. The van der Waals surface area contributed by atoms with Gasteiger partial charge in [0.15, 0.2) is 0 Å². The quantitative estimate of drug-likeness (QED) is 0.879. The molecule has 0 spiro atoms. The van der Waals surface area contributed by atoms with E-state index < -0.39 is 0 Å². The van der Waals surface area contributed by atoms with Gasteiger partial charge in [0.25, 0.3) is 0 Å². The van der Waals surface area contributed by atoms with Gasteiger partial charge < -0.3 is 15.0 Å². The number of amides is 2. The average molecular weight is 366 g/mol. The summed E-state index contributed by atoms with van der Waals surface area (Å²) in [5.41, 5.74) is 0.633. The number of anilines is 1. The first-order valence-corrected chi connectivity index (χ1v) is 9.33. The Hall–Kier alpha value is -2.96. The van der Waals surface area contributed by atoms with Gasteiger partial charge in [-0.25, -0.2) is 4.98 Å². The van der Waals surface area contributed by atoms with Crippen molar-refractivity contribution in [2.24, 2.45) is 5.92 Å². The highest BCUT2D eigenvalue weighted by Crippen LogP contribution is 2.30. The molecule has 2 heterocycles. The normalized spacial score (nSPS) is 20.1. The van der Waals surface area contributed by atoms with Crippen molar-refractivity contribution in [3.63, 3.8) is 0 Å². The van der Waals surface area contributed by atoms with Crippen molar-refractivity contribution in [3.05, 3.63) is 42.9 Å². The second-order valence-electron chi connectivity index (χ2n) is 7.05. The Morgan fingerprint density at radius 2 is 2.07 bits per heavy atom. The number of nitrogens with one attached hydrogen (secondary N) is 1. The lowest BCUT2D eigenvalue weighted by atomic mass is 10.1. The van der Waals surface area contributed by atoms with Crippen molar-refractivity contribution < 1.29 is 14.3 Å². The summed E-state index contributed by atoms with van der Waals surface area (Å²) in [6, 6.07) is 7.43. The Balaban J connectivity index is 1.38. The van der Waals surface area contributed by atoms with E-state index in [-0.39, 0.29) is 24.2 Å². The molecule has 2 fully saturated rings. The SMILES string of the molecule is O=C(Nc1cccc(Oc2cnccn2)c1)C1CC(=O)N(C2CCCC2)C1. The second kappa shape index (κ2) is 7.73. The fourth-order valence-corrected chi connectivity index (χ4v) is 3.82. The van der Waals surface area contributed by atoms with Crippen LogP contribution in [0.25, 0.3) is 0 Å². The van der Waals surface area contributed by atoms with E-state index in [1.54, 1.807) is 36.7 Å². The van der Waals surface area contributed by atoms with Gasteiger partial charge in [-0.3, -0.25) is 14.6 Å². The standard InChI is InChI=1S/C20H22N4O3/c25-19-10-14(13-24(19)16-5-1-2-6-16)20(26)23-15-4-3-7-17(11-15)27-18-12-21-8-9-22-18/h3-4,7-9,11-12,14,16H,1-2,5-6,10,13H2,(H,23,26). The zero-order chi connectivity index (χ0) is 18.6. The lowest BCUT2D eigenvalue weighted by molar-refractivity contribution is -0.129. The van der Waals surface area contributed by atoms with E-state index in [1.165, 1.54) is 19.0 Å². The summed E-state index contributed by atoms with van der Waals surface area (Å²) in [6.45, 7) is 0.519. The van der Waals surface area contributed by atoms with Crippen LogP contribution in [0, 0.1) is 5.92 Å².